The largest absolute Gasteiger partial charge is 0.497 e. The minimum Gasteiger partial charge on any atom is -0.497 e. The van der Waals surface area contributed by atoms with Crippen LogP contribution in [0.25, 0.3) is 22.6 Å². The van der Waals surface area contributed by atoms with Crippen molar-refractivity contribution in [1.29, 1.82) is 0 Å². The van der Waals surface area contributed by atoms with Gasteiger partial charge in [0.05, 0.1) is 25.0 Å². The number of ether oxygens (including phenoxy) is 1. The Labute approximate surface area is 180 Å². The zero-order chi connectivity index (χ0) is 20.3. The lowest BCUT2D eigenvalue weighted by Crippen LogP contribution is -2.30. The Morgan fingerprint density at radius 3 is 2.63 bits per heavy atom. The highest BCUT2D eigenvalue weighted by Gasteiger charge is 2.20. The second kappa shape index (κ2) is 8.34. The molecule has 0 spiro atoms. The molecular weight excluding hydrogens is 392 g/mol. The molecule has 0 radical (unpaired) electrons. The van der Waals surface area contributed by atoms with Gasteiger partial charge in [-0.3, -0.25) is 4.90 Å². The highest BCUT2D eigenvalue weighted by atomic mass is 32.1. The molecule has 0 atom stereocenters. The molecule has 0 unspecified atom stereocenters. The molecule has 0 amide bonds. The Morgan fingerprint density at radius 1 is 1.00 bits per heavy atom. The Kier molecular flexibility index (Phi) is 5.26. The van der Waals surface area contributed by atoms with E-state index in [4.69, 9.17) is 14.7 Å². The highest BCUT2D eigenvalue weighted by molar-refractivity contribution is 7.09. The zero-order valence-electron chi connectivity index (χ0n) is 16.8. The third kappa shape index (κ3) is 3.97. The standard InChI is InChI=1S/C24H22N4OS/c1-29-20-9-7-17(8-10-20)22-16-30-23(26-22)15-28-12-11-21-19(14-28)13-25-24(27-21)18-5-3-2-4-6-18/h2-10,13,16H,11-12,14-15H2,1H3. The summed E-state index contributed by atoms with van der Waals surface area (Å²) in [6.07, 6.45) is 2.93. The van der Waals surface area contributed by atoms with Crippen LogP contribution in [-0.4, -0.2) is 33.5 Å². The predicted molar refractivity (Wildman–Crippen MR) is 119 cm³/mol. The second-order valence-corrected chi connectivity index (χ2v) is 8.29. The van der Waals surface area contributed by atoms with Crippen molar-refractivity contribution in [2.24, 2.45) is 0 Å². The fourth-order valence-electron chi connectivity index (χ4n) is 3.71. The SMILES string of the molecule is COc1ccc(-c2csc(CN3CCc4nc(-c5ccccc5)ncc4C3)n2)cc1. The Morgan fingerprint density at radius 2 is 1.83 bits per heavy atom. The number of nitrogens with zero attached hydrogens (tertiary/aromatic N) is 4. The van der Waals surface area contributed by atoms with E-state index in [0.29, 0.717) is 0 Å². The fraction of sp³-hybridized carbons (Fsp3) is 0.208. The molecule has 4 aromatic rings. The topological polar surface area (TPSA) is 51.1 Å². The van der Waals surface area contributed by atoms with E-state index in [0.717, 1.165) is 65.2 Å². The summed E-state index contributed by atoms with van der Waals surface area (Å²) in [5, 5.41) is 3.26. The zero-order valence-corrected chi connectivity index (χ0v) is 17.6. The van der Waals surface area contributed by atoms with Crippen LogP contribution in [0.1, 0.15) is 16.3 Å². The van der Waals surface area contributed by atoms with Crippen molar-refractivity contribution in [2.75, 3.05) is 13.7 Å². The minimum absolute atomic E-state index is 0.812. The molecule has 0 aliphatic carbocycles. The van der Waals surface area contributed by atoms with Crippen molar-refractivity contribution < 1.29 is 4.74 Å². The second-order valence-electron chi connectivity index (χ2n) is 7.35. The number of fused-ring (bicyclic) bond motifs is 1. The van der Waals surface area contributed by atoms with E-state index >= 15 is 0 Å². The molecule has 0 saturated carbocycles. The van der Waals surface area contributed by atoms with Gasteiger partial charge in [0.25, 0.3) is 0 Å². The van der Waals surface area contributed by atoms with Gasteiger partial charge in [0.2, 0.25) is 0 Å². The van der Waals surface area contributed by atoms with Crippen molar-refractivity contribution in [3.63, 3.8) is 0 Å². The van der Waals surface area contributed by atoms with Crippen LogP contribution in [0, 0.1) is 0 Å². The maximum absolute atomic E-state index is 5.24. The smallest absolute Gasteiger partial charge is 0.159 e. The van der Waals surface area contributed by atoms with Crippen LogP contribution in [0.2, 0.25) is 0 Å². The first-order valence-electron chi connectivity index (χ1n) is 10.00. The monoisotopic (exact) mass is 414 g/mol. The van der Waals surface area contributed by atoms with E-state index in [1.54, 1.807) is 18.4 Å². The van der Waals surface area contributed by atoms with Gasteiger partial charge < -0.3 is 4.74 Å². The van der Waals surface area contributed by atoms with E-state index in [1.165, 1.54) is 5.56 Å². The van der Waals surface area contributed by atoms with Crippen LogP contribution in [0.4, 0.5) is 0 Å². The number of aromatic nitrogens is 3. The van der Waals surface area contributed by atoms with E-state index in [1.807, 2.05) is 36.5 Å². The maximum Gasteiger partial charge on any atom is 0.159 e. The van der Waals surface area contributed by atoms with Crippen LogP contribution in [0.3, 0.4) is 0 Å². The van der Waals surface area contributed by atoms with Gasteiger partial charge in [-0.25, -0.2) is 15.0 Å². The summed E-state index contributed by atoms with van der Waals surface area (Å²) in [6, 6.07) is 18.2. The van der Waals surface area contributed by atoms with E-state index < -0.39 is 0 Å². The molecular formula is C24H22N4OS. The summed E-state index contributed by atoms with van der Waals surface area (Å²) in [5.41, 5.74) is 5.58. The molecule has 6 heteroatoms. The average Bonchev–Trinajstić information content (AvgIpc) is 3.28. The van der Waals surface area contributed by atoms with E-state index in [2.05, 4.69) is 39.5 Å². The van der Waals surface area contributed by atoms with Crippen molar-refractivity contribution in [3.8, 4) is 28.4 Å². The molecule has 1 aliphatic heterocycles. The molecule has 5 rings (SSSR count). The summed E-state index contributed by atoms with van der Waals surface area (Å²) in [6.45, 7) is 2.69. The number of rotatable bonds is 5. The molecule has 1 aliphatic rings. The predicted octanol–water partition coefficient (Wildman–Crippen LogP) is 4.83. The summed E-state index contributed by atoms with van der Waals surface area (Å²) in [4.78, 5) is 16.7. The first-order chi connectivity index (χ1) is 14.8. The lowest BCUT2D eigenvalue weighted by atomic mass is 10.1. The van der Waals surface area contributed by atoms with E-state index in [9.17, 15) is 0 Å². The molecule has 0 saturated heterocycles. The van der Waals surface area contributed by atoms with Crippen LogP contribution in [-0.2, 0) is 19.5 Å². The highest BCUT2D eigenvalue weighted by Crippen LogP contribution is 2.26. The van der Waals surface area contributed by atoms with Gasteiger partial charge >= 0.3 is 0 Å². The number of hydrogen-bond acceptors (Lipinski definition) is 6. The average molecular weight is 415 g/mol. The summed E-state index contributed by atoms with van der Waals surface area (Å²) in [5.74, 6) is 1.67. The molecule has 5 nitrogen and oxygen atoms in total. The maximum atomic E-state index is 5.24. The number of methoxy groups -OCH3 is 1. The number of thiazole rings is 1. The van der Waals surface area contributed by atoms with Crippen molar-refractivity contribution >= 4 is 11.3 Å². The first kappa shape index (κ1) is 18.9. The molecule has 3 heterocycles. The van der Waals surface area contributed by atoms with Gasteiger partial charge in [0.1, 0.15) is 10.8 Å². The molecule has 0 N–H and O–H groups in total. The quantitative estimate of drug-likeness (QED) is 0.468. The van der Waals surface area contributed by atoms with Crippen LogP contribution < -0.4 is 4.74 Å². The molecule has 2 aromatic heterocycles. The van der Waals surface area contributed by atoms with Gasteiger partial charge in [0, 0.05) is 47.8 Å². The lowest BCUT2D eigenvalue weighted by molar-refractivity contribution is 0.242. The normalized spacial score (nSPS) is 13.8. The summed E-state index contributed by atoms with van der Waals surface area (Å²) >= 11 is 1.71. The molecule has 30 heavy (non-hydrogen) atoms. The van der Waals surface area contributed by atoms with Crippen LogP contribution >= 0.6 is 11.3 Å². The minimum atomic E-state index is 0.812. The third-order valence-electron chi connectivity index (χ3n) is 5.34. The van der Waals surface area contributed by atoms with Crippen LogP contribution in [0.5, 0.6) is 5.75 Å². The third-order valence-corrected chi connectivity index (χ3v) is 6.17. The van der Waals surface area contributed by atoms with Gasteiger partial charge in [-0.2, -0.15) is 0 Å². The molecule has 0 bridgehead atoms. The number of benzene rings is 2. The molecule has 0 fully saturated rings. The van der Waals surface area contributed by atoms with Gasteiger partial charge in [0.15, 0.2) is 5.82 Å². The molecule has 2 aromatic carbocycles. The Balaban J connectivity index is 1.27. The Bertz CT molecular complexity index is 1140. The van der Waals surface area contributed by atoms with Gasteiger partial charge in [-0.05, 0) is 24.3 Å². The number of hydrogen-bond donors (Lipinski definition) is 0. The lowest BCUT2D eigenvalue weighted by Gasteiger charge is -2.27. The van der Waals surface area contributed by atoms with Crippen LogP contribution in [0.15, 0.2) is 66.2 Å². The Hall–Kier alpha value is -3.09. The van der Waals surface area contributed by atoms with Crippen molar-refractivity contribution in [2.45, 2.75) is 19.5 Å². The summed E-state index contributed by atoms with van der Waals surface area (Å²) < 4.78 is 5.24. The first-order valence-corrected chi connectivity index (χ1v) is 10.9. The van der Waals surface area contributed by atoms with E-state index in [-0.39, 0.29) is 0 Å². The van der Waals surface area contributed by atoms with Crippen molar-refractivity contribution in [1.82, 2.24) is 19.9 Å². The molecule has 150 valence electrons. The fourth-order valence-corrected chi connectivity index (χ4v) is 4.55. The van der Waals surface area contributed by atoms with Gasteiger partial charge in [-0.1, -0.05) is 30.3 Å². The van der Waals surface area contributed by atoms with Crippen molar-refractivity contribution in [3.05, 3.63) is 82.4 Å². The summed E-state index contributed by atoms with van der Waals surface area (Å²) in [7, 11) is 1.68. The van der Waals surface area contributed by atoms with Gasteiger partial charge in [-0.15, -0.1) is 11.3 Å².